The van der Waals surface area contributed by atoms with E-state index in [1.807, 2.05) is 35.2 Å². The fourth-order valence-corrected chi connectivity index (χ4v) is 2.54. The lowest BCUT2D eigenvalue weighted by Crippen LogP contribution is -2.36. The van der Waals surface area contributed by atoms with Crippen molar-refractivity contribution in [3.63, 3.8) is 0 Å². The maximum absolute atomic E-state index is 11.3. The molecule has 3 rings (SSSR count). The van der Waals surface area contributed by atoms with Crippen molar-refractivity contribution in [2.45, 2.75) is 18.9 Å². The summed E-state index contributed by atoms with van der Waals surface area (Å²) < 4.78 is 0. The highest BCUT2D eigenvalue weighted by atomic mass is 16.4. The number of rotatable bonds is 3. The molecular weight excluding hydrogens is 254 g/mol. The van der Waals surface area contributed by atoms with E-state index in [0.717, 1.165) is 17.7 Å². The van der Waals surface area contributed by atoms with Gasteiger partial charge in [0.05, 0.1) is 18.1 Å². The van der Waals surface area contributed by atoms with Crippen LogP contribution in [0.25, 0.3) is 11.3 Å². The van der Waals surface area contributed by atoms with Crippen LogP contribution in [0.5, 0.6) is 0 Å². The van der Waals surface area contributed by atoms with Crippen molar-refractivity contribution in [1.29, 1.82) is 0 Å². The lowest BCUT2D eigenvalue weighted by atomic mass is 10.2. The zero-order valence-electron chi connectivity index (χ0n) is 10.9. The van der Waals surface area contributed by atoms with E-state index in [-0.39, 0.29) is 0 Å². The smallest absolute Gasteiger partial charge is 0.326 e. The minimum Gasteiger partial charge on any atom is -0.480 e. The lowest BCUT2D eigenvalue weighted by molar-refractivity contribution is -0.138. The summed E-state index contributed by atoms with van der Waals surface area (Å²) in [5, 5.41) is 9.24. The first kappa shape index (κ1) is 12.6. The maximum atomic E-state index is 11.3. The minimum absolute atomic E-state index is 0.490. The van der Waals surface area contributed by atoms with E-state index in [4.69, 9.17) is 0 Å². The van der Waals surface area contributed by atoms with Gasteiger partial charge in [-0.2, -0.15) is 0 Å². The van der Waals surface area contributed by atoms with E-state index in [1.165, 1.54) is 0 Å². The average Bonchev–Trinajstić information content (AvgIpc) is 2.98. The molecule has 1 atom stereocenters. The molecule has 0 aliphatic carbocycles. The Kier molecular flexibility index (Phi) is 3.33. The van der Waals surface area contributed by atoms with Crippen molar-refractivity contribution < 1.29 is 9.90 Å². The zero-order chi connectivity index (χ0) is 13.9. The predicted molar refractivity (Wildman–Crippen MR) is 75.5 cm³/mol. The monoisotopic (exact) mass is 269 g/mol. The quantitative estimate of drug-likeness (QED) is 0.925. The minimum atomic E-state index is -0.797. The molecule has 20 heavy (non-hydrogen) atoms. The molecular formula is C15H15N3O2. The molecule has 5 nitrogen and oxygen atoms in total. The van der Waals surface area contributed by atoms with Crippen LogP contribution in [0, 0.1) is 0 Å². The molecule has 2 aromatic rings. The number of hydrogen-bond acceptors (Lipinski definition) is 4. The van der Waals surface area contributed by atoms with Crippen molar-refractivity contribution in [2.75, 3.05) is 11.4 Å². The molecule has 0 bridgehead atoms. The highest BCUT2D eigenvalue weighted by Crippen LogP contribution is 2.25. The van der Waals surface area contributed by atoms with Crippen LogP contribution in [-0.2, 0) is 4.79 Å². The largest absolute Gasteiger partial charge is 0.480 e. The van der Waals surface area contributed by atoms with Gasteiger partial charge in [-0.3, -0.25) is 4.98 Å². The Hall–Kier alpha value is -2.43. The van der Waals surface area contributed by atoms with Gasteiger partial charge in [0, 0.05) is 12.1 Å². The van der Waals surface area contributed by atoms with Gasteiger partial charge < -0.3 is 10.0 Å². The molecule has 2 heterocycles. The molecule has 1 unspecified atom stereocenters. The number of carboxylic acid groups (broad SMARTS) is 1. The van der Waals surface area contributed by atoms with Crippen LogP contribution in [0.15, 0.2) is 42.7 Å². The summed E-state index contributed by atoms with van der Waals surface area (Å²) in [5.74, 6) is -0.161. The Morgan fingerprint density at radius 2 is 2.05 bits per heavy atom. The van der Waals surface area contributed by atoms with Gasteiger partial charge >= 0.3 is 5.97 Å². The normalized spacial score (nSPS) is 18.2. The van der Waals surface area contributed by atoms with Crippen molar-refractivity contribution >= 4 is 11.8 Å². The fraction of sp³-hybridized carbons (Fsp3) is 0.267. The summed E-state index contributed by atoms with van der Waals surface area (Å²) in [5.41, 5.74) is 1.74. The van der Waals surface area contributed by atoms with Crippen molar-refractivity contribution in [1.82, 2.24) is 9.97 Å². The van der Waals surface area contributed by atoms with Gasteiger partial charge in [0.2, 0.25) is 0 Å². The summed E-state index contributed by atoms with van der Waals surface area (Å²) in [6.45, 7) is 0.712. The Morgan fingerprint density at radius 3 is 2.80 bits per heavy atom. The Bertz CT molecular complexity index is 616. The van der Waals surface area contributed by atoms with Crippen LogP contribution in [0.4, 0.5) is 5.82 Å². The molecule has 1 N–H and O–H groups in total. The summed E-state index contributed by atoms with van der Waals surface area (Å²) in [6, 6.07) is 9.27. The number of benzene rings is 1. The number of aliphatic carboxylic acids is 1. The molecule has 102 valence electrons. The molecule has 5 heteroatoms. The van der Waals surface area contributed by atoms with E-state index in [1.54, 1.807) is 12.4 Å². The standard InChI is InChI=1S/C15H15N3O2/c19-15(20)13-7-4-8-18(13)14-10-16-9-12(17-14)11-5-2-1-3-6-11/h1-3,5-6,9-10,13H,4,7-8H2,(H,19,20). The van der Waals surface area contributed by atoms with Crippen LogP contribution in [-0.4, -0.2) is 33.6 Å². The van der Waals surface area contributed by atoms with E-state index in [2.05, 4.69) is 9.97 Å². The summed E-state index contributed by atoms with van der Waals surface area (Å²) in [4.78, 5) is 21.8. The highest BCUT2D eigenvalue weighted by Gasteiger charge is 2.31. The predicted octanol–water partition coefficient (Wildman–Crippen LogP) is 2.20. The van der Waals surface area contributed by atoms with Crippen molar-refractivity contribution in [2.24, 2.45) is 0 Å². The Balaban J connectivity index is 1.94. The third-order valence-electron chi connectivity index (χ3n) is 3.52. The van der Waals surface area contributed by atoms with Gasteiger partial charge in [0.1, 0.15) is 11.9 Å². The molecule has 1 aromatic carbocycles. The second-order valence-electron chi connectivity index (χ2n) is 4.82. The van der Waals surface area contributed by atoms with E-state index < -0.39 is 12.0 Å². The maximum Gasteiger partial charge on any atom is 0.326 e. The molecule has 0 radical (unpaired) electrons. The van der Waals surface area contributed by atoms with Gasteiger partial charge in [-0.15, -0.1) is 0 Å². The number of carbonyl (C=O) groups is 1. The number of hydrogen-bond donors (Lipinski definition) is 1. The number of aromatic nitrogens is 2. The van der Waals surface area contributed by atoms with Gasteiger partial charge in [0.25, 0.3) is 0 Å². The lowest BCUT2D eigenvalue weighted by Gasteiger charge is -2.22. The van der Waals surface area contributed by atoms with E-state index in [0.29, 0.717) is 18.8 Å². The summed E-state index contributed by atoms with van der Waals surface area (Å²) in [6.07, 6.45) is 4.86. The van der Waals surface area contributed by atoms with Crippen LogP contribution >= 0.6 is 0 Å². The number of nitrogens with zero attached hydrogens (tertiary/aromatic N) is 3. The first-order chi connectivity index (χ1) is 9.75. The van der Waals surface area contributed by atoms with Crippen LogP contribution in [0.2, 0.25) is 0 Å². The Labute approximate surface area is 116 Å². The first-order valence-corrected chi connectivity index (χ1v) is 6.62. The summed E-state index contributed by atoms with van der Waals surface area (Å²) in [7, 11) is 0. The third-order valence-corrected chi connectivity index (χ3v) is 3.52. The molecule has 1 fully saturated rings. The van der Waals surface area contributed by atoms with Crippen molar-refractivity contribution in [3.8, 4) is 11.3 Å². The third kappa shape index (κ3) is 2.34. The van der Waals surface area contributed by atoms with Crippen LogP contribution in [0.3, 0.4) is 0 Å². The molecule has 1 aliphatic heterocycles. The van der Waals surface area contributed by atoms with E-state index in [9.17, 15) is 9.90 Å². The van der Waals surface area contributed by atoms with Gasteiger partial charge in [-0.25, -0.2) is 9.78 Å². The molecule has 1 aromatic heterocycles. The molecule has 0 spiro atoms. The van der Waals surface area contributed by atoms with Crippen LogP contribution < -0.4 is 4.90 Å². The molecule has 1 saturated heterocycles. The molecule has 0 saturated carbocycles. The first-order valence-electron chi connectivity index (χ1n) is 6.62. The average molecular weight is 269 g/mol. The Morgan fingerprint density at radius 1 is 1.25 bits per heavy atom. The van der Waals surface area contributed by atoms with Gasteiger partial charge in [0.15, 0.2) is 0 Å². The fourth-order valence-electron chi connectivity index (χ4n) is 2.54. The highest BCUT2D eigenvalue weighted by molar-refractivity contribution is 5.78. The molecule has 1 aliphatic rings. The van der Waals surface area contributed by atoms with E-state index >= 15 is 0 Å². The van der Waals surface area contributed by atoms with Crippen LogP contribution in [0.1, 0.15) is 12.8 Å². The second kappa shape index (κ2) is 5.28. The SMILES string of the molecule is O=C(O)C1CCCN1c1cncc(-c2ccccc2)n1. The topological polar surface area (TPSA) is 66.3 Å². The number of anilines is 1. The number of carboxylic acids is 1. The summed E-state index contributed by atoms with van der Waals surface area (Å²) >= 11 is 0. The van der Waals surface area contributed by atoms with Gasteiger partial charge in [-0.05, 0) is 12.8 Å². The second-order valence-corrected chi connectivity index (χ2v) is 4.82. The van der Waals surface area contributed by atoms with Crippen molar-refractivity contribution in [3.05, 3.63) is 42.7 Å². The molecule has 0 amide bonds. The van der Waals surface area contributed by atoms with Gasteiger partial charge in [-0.1, -0.05) is 30.3 Å². The zero-order valence-corrected chi connectivity index (χ0v) is 10.9.